The maximum absolute atomic E-state index is 10.4. The molecule has 154 valence electrons. The van der Waals surface area contributed by atoms with E-state index in [0.717, 1.165) is 24.8 Å². The molecule has 27 heavy (non-hydrogen) atoms. The summed E-state index contributed by atoms with van der Waals surface area (Å²) in [6.45, 7) is 0. The fourth-order valence-corrected chi connectivity index (χ4v) is 3.61. The Hall–Kier alpha value is -1.51. The zero-order valence-electron chi connectivity index (χ0n) is 17.1. The molecule has 0 saturated carbocycles. The number of benzene rings is 1. The largest absolute Gasteiger partial charge is 0.508 e. The first-order chi connectivity index (χ1) is 13.2. The van der Waals surface area contributed by atoms with Crippen molar-refractivity contribution in [1.82, 2.24) is 0 Å². The Labute approximate surface area is 166 Å². The molecule has 0 unspecified atom stereocenters. The number of rotatable bonds is 18. The Morgan fingerprint density at radius 2 is 1.04 bits per heavy atom. The van der Waals surface area contributed by atoms with Gasteiger partial charge in [-0.2, -0.15) is 0 Å². The van der Waals surface area contributed by atoms with Crippen molar-refractivity contribution >= 4 is 5.97 Å². The number of carbonyl (C=O) groups is 1. The van der Waals surface area contributed by atoms with E-state index in [2.05, 4.69) is 0 Å². The average Bonchev–Trinajstić information content (AvgIpc) is 2.65. The van der Waals surface area contributed by atoms with Gasteiger partial charge in [-0.15, -0.1) is 0 Å². The molecule has 0 bridgehead atoms. The van der Waals surface area contributed by atoms with Gasteiger partial charge in [-0.1, -0.05) is 102 Å². The summed E-state index contributed by atoms with van der Waals surface area (Å²) in [4.78, 5) is 10.4. The van der Waals surface area contributed by atoms with Crippen molar-refractivity contribution in [2.24, 2.45) is 0 Å². The number of carboxylic acids is 1. The zero-order chi connectivity index (χ0) is 19.6. The topological polar surface area (TPSA) is 57.5 Å². The van der Waals surface area contributed by atoms with E-state index in [9.17, 15) is 9.90 Å². The second-order valence-electron chi connectivity index (χ2n) is 7.83. The first-order valence-corrected chi connectivity index (χ1v) is 11.2. The fraction of sp³-hybridized carbons (Fsp3) is 0.708. The normalized spacial score (nSPS) is 11.0. The van der Waals surface area contributed by atoms with Crippen LogP contribution < -0.4 is 0 Å². The van der Waals surface area contributed by atoms with E-state index in [1.807, 2.05) is 18.2 Å². The molecule has 1 aromatic rings. The summed E-state index contributed by atoms with van der Waals surface area (Å²) in [7, 11) is 0. The van der Waals surface area contributed by atoms with Crippen molar-refractivity contribution in [3.05, 3.63) is 29.8 Å². The number of aliphatic carboxylic acids is 1. The van der Waals surface area contributed by atoms with E-state index in [4.69, 9.17) is 5.11 Å². The first kappa shape index (κ1) is 23.5. The predicted molar refractivity (Wildman–Crippen MR) is 113 cm³/mol. The van der Waals surface area contributed by atoms with Gasteiger partial charge in [0.2, 0.25) is 0 Å². The standard InChI is InChI=1S/C24H40O3/c25-23-20-17-16-19-22(23)18-14-12-10-8-6-4-2-1-3-5-7-9-11-13-15-21-24(26)27/h16-17,19-20,25H,1-15,18,21H2,(H,26,27). The fourth-order valence-electron chi connectivity index (χ4n) is 3.61. The quantitative estimate of drug-likeness (QED) is 0.265. The molecule has 0 aliphatic carbocycles. The first-order valence-electron chi connectivity index (χ1n) is 11.2. The molecule has 1 aromatic carbocycles. The number of carboxylic acid groups (broad SMARTS) is 1. The lowest BCUT2D eigenvalue weighted by atomic mass is 10.0. The highest BCUT2D eigenvalue weighted by atomic mass is 16.4. The van der Waals surface area contributed by atoms with E-state index in [-0.39, 0.29) is 0 Å². The average molecular weight is 377 g/mol. The number of unbranched alkanes of at least 4 members (excludes halogenated alkanes) is 14. The van der Waals surface area contributed by atoms with E-state index in [0.29, 0.717) is 12.2 Å². The molecule has 3 heteroatoms. The molecule has 0 fully saturated rings. The Morgan fingerprint density at radius 3 is 1.48 bits per heavy atom. The molecule has 0 aliphatic rings. The van der Waals surface area contributed by atoms with Crippen molar-refractivity contribution in [2.75, 3.05) is 0 Å². The van der Waals surface area contributed by atoms with Crippen LogP contribution in [0.1, 0.15) is 108 Å². The molecule has 0 aromatic heterocycles. The van der Waals surface area contributed by atoms with Gasteiger partial charge in [0.05, 0.1) is 0 Å². The maximum atomic E-state index is 10.4. The van der Waals surface area contributed by atoms with Crippen LogP contribution in [-0.4, -0.2) is 16.2 Å². The number of hydrogen-bond acceptors (Lipinski definition) is 2. The summed E-state index contributed by atoms with van der Waals surface area (Å²) in [5, 5.41) is 18.3. The summed E-state index contributed by atoms with van der Waals surface area (Å²) in [5.74, 6) is -0.224. The van der Waals surface area contributed by atoms with Crippen molar-refractivity contribution in [2.45, 2.75) is 109 Å². The van der Waals surface area contributed by atoms with Gasteiger partial charge in [-0.05, 0) is 30.9 Å². The molecule has 2 N–H and O–H groups in total. The highest BCUT2D eigenvalue weighted by Gasteiger charge is 1.99. The second-order valence-corrected chi connectivity index (χ2v) is 7.83. The van der Waals surface area contributed by atoms with Crippen molar-refractivity contribution in [3.8, 4) is 5.75 Å². The minimum absolute atomic E-state index is 0.330. The Kier molecular flexibility index (Phi) is 14.5. The van der Waals surface area contributed by atoms with Crippen LogP contribution >= 0.6 is 0 Å². The van der Waals surface area contributed by atoms with Crippen molar-refractivity contribution in [1.29, 1.82) is 0 Å². The van der Waals surface area contributed by atoms with Crippen molar-refractivity contribution < 1.29 is 15.0 Å². The van der Waals surface area contributed by atoms with Gasteiger partial charge in [0.25, 0.3) is 0 Å². The molecule has 3 nitrogen and oxygen atoms in total. The SMILES string of the molecule is O=C(O)CCCCCCCCCCCCCCCCCc1ccccc1O. The van der Waals surface area contributed by atoms with Gasteiger partial charge in [0.1, 0.15) is 5.75 Å². The lowest BCUT2D eigenvalue weighted by molar-refractivity contribution is -0.137. The van der Waals surface area contributed by atoms with E-state index >= 15 is 0 Å². The van der Waals surface area contributed by atoms with Gasteiger partial charge >= 0.3 is 5.97 Å². The minimum Gasteiger partial charge on any atom is -0.508 e. The van der Waals surface area contributed by atoms with Crippen LogP contribution in [0.25, 0.3) is 0 Å². The monoisotopic (exact) mass is 376 g/mol. The highest BCUT2D eigenvalue weighted by Crippen LogP contribution is 2.19. The summed E-state index contributed by atoms with van der Waals surface area (Å²) >= 11 is 0. The molecular weight excluding hydrogens is 336 g/mol. The number of para-hydroxylation sites is 1. The maximum Gasteiger partial charge on any atom is 0.303 e. The van der Waals surface area contributed by atoms with E-state index < -0.39 is 5.97 Å². The lowest BCUT2D eigenvalue weighted by Gasteiger charge is -2.05. The van der Waals surface area contributed by atoms with E-state index in [1.54, 1.807) is 6.07 Å². The molecule has 1 rings (SSSR count). The Balaban J connectivity index is 1.74. The highest BCUT2D eigenvalue weighted by molar-refractivity contribution is 5.66. The molecule has 0 spiro atoms. The molecule has 0 atom stereocenters. The second kappa shape index (κ2) is 16.6. The molecule has 0 radical (unpaired) electrons. The number of aromatic hydroxyl groups is 1. The molecule has 0 heterocycles. The van der Waals surface area contributed by atoms with Crippen LogP contribution in [-0.2, 0) is 11.2 Å². The van der Waals surface area contributed by atoms with Crippen LogP contribution in [0.15, 0.2) is 24.3 Å². The third kappa shape index (κ3) is 14.2. The van der Waals surface area contributed by atoms with Gasteiger partial charge < -0.3 is 10.2 Å². The third-order valence-corrected chi connectivity index (χ3v) is 5.33. The minimum atomic E-state index is -0.664. The van der Waals surface area contributed by atoms with Crippen molar-refractivity contribution in [3.63, 3.8) is 0 Å². The van der Waals surface area contributed by atoms with E-state index in [1.165, 1.54) is 83.5 Å². The summed E-state index contributed by atoms with van der Waals surface area (Å²) in [6, 6.07) is 7.67. The summed E-state index contributed by atoms with van der Waals surface area (Å²) in [6.07, 6.45) is 20.3. The third-order valence-electron chi connectivity index (χ3n) is 5.33. The Morgan fingerprint density at radius 1 is 0.630 bits per heavy atom. The van der Waals surface area contributed by atoms with Crippen LogP contribution in [0.5, 0.6) is 5.75 Å². The number of phenols is 1. The Bertz CT molecular complexity index is 484. The number of aryl methyl sites for hydroxylation is 1. The van der Waals surface area contributed by atoms with Gasteiger partial charge in [0.15, 0.2) is 0 Å². The van der Waals surface area contributed by atoms with Crippen LogP contribution in [0.4, 0.5) is 0 Å². The van der Waals surface area contributed by atoms with Gasteiger partial charge in [0, 0.05) is 6.42 Å². The smallest absolute Gasteiger partial charge is 0.303 e. The number of hydrogen-bond donors (Lipinski definition) is 2. The van der Waals surface area contributed by atoms with Crippen LogP contribution in [0.3, 0.4) is 0 Å². The van der Waals surface area contributed by atoms with Crippen LogP contribution in [0, 0.1) is 0 Å². The van der Waals surface area contributed by atoms with Crippen LogP contribution in [0.2, 0.25) is 0 Å². The van der Waals surface area contributed by atoms with Gasteiger partial charge in [-0.25, -0.2) is 0 Å². The predicted octanol–water partition coefficient (Wildman–Crippen LogP) is 7.26. The molecular formula is C24H40O3. The van der Waals surface area contributed by atoms with Gasteiger partial charge in [-0.3, -0.25) is 4.79 Å². The number of phenolic OH excluding ortho intramolecular Hbond substituents is 1. The molecule has 0 saturated heterocycles. The summed E-state index contributed by atoms with van der Waals surface area (Å²) < 4.78 is 0. The molecule has 0 aliphatic heterocycles. The lowest BCUT2D eigenvalue weighted by Crippen LogP contribution is -1.93. The zero-order valence-corrected chi connectivity index (χ0v) is 17.1. The summed E-state index contributed by atoms with van der Waals surface area (Å²) in [5.41, 5.74) is 1.08. The molecule has 0 amide bonds.